The highest BCUT2D eigenvalue weighted by Gasteiger charge is 1.86. The highest BCUT2D eigenvalue weighted by Crippen LogP contribution is 1.71. The Bertz CT molecular complexity index is 62.7. The maximum absolute atomic E-state index is 8.23. The van der Waals surface area contributed by atoms with E-state index in [1.165, 1.54) is 0 Å². The molecule has 0 aromatic carbocycles. The maximum atomic E-state index is 8.23. The second-order valence-electron chi connectivity index (χ2n) is 1.98. The van der Waals surface area contributed by atoms with Gasteiger partial charge in [0, 0.05) is 19.7 Å². The summed E-state index contributed by atoms with van der Waals surface area (Å²) >= 11 is 0. The van der Waals surface area contributed by atoms with Gasteiger partial charge in [-0.2, -0.15) is 0 Å². The van der Waals surface area contributed by atoms with Crippen LogP contribution in [-0.2, 0) is 9.47 Å². The number of hydrogen-bond acceptors (Lipinski definition) is 4. The summed E-state index contributed by atoms with van der Waals surface area (Å²) in [6, 6.07) is 0. The minimum atomic E-state index is -0.201. The van der Waals surface area contributed by atoms with E-state index < -0.39 is 0 Å². The van der Waals surface area contributed by atoms with Crippen molar-refractivity contribution in [3.8, 4) is 0 Å². The quantitative estimate of drug-likeness (QED) is 0.377. The van der Waals surface area contributed by atoms with Crippen LogP contribution in [-0.4, -0.2) is 44.8 Å². The average molecular weight is 163 g/mol. The van der Waals surface area contributed by atoms with Gasteiger partial charge in [0.2, 0.25) is 0 Å². The van der Waals surface area contributed by atoms with E-state index in [-0.39, 0.29) is 6.79 Å². The Morgan fingerprint density at radius 3 is 2.36 bits per heavy atom. The van der Waals surface area contributed by atoms with Crippen LogP contribution in [0.15, 0.2) is 0 Å². The molecule has 0 saturated carbocycles. The second-order valence-corrected chi connectivity index (χ2v) is 1.98. The molecule has 0 saturated heterocycles. The van der Waals surface area contributed by atoms with Crippen LogP contribution in [0.3, 0.4) is 0 Å². The first kappa shape index (κ1) is 10.8. The van der Waals surface area contributed by atoms with E-state index in [2.05, 4.69) is 5.32 Å². The molecule has 68 valence electrons. The van der Waals surface area contributed by atoms with Crippen LogP contribution in [0.5, 0.6) is 0 Å². The van der Waals surface area contributed by atoms with Crippen LogP contribution in [0.4, 0.5) is 0 Å². The normalized spacial score (nSPS) is 10.4. The van der Waals surface area contributed by atoms with Gasteiger partial charge in [-0.1, -0.05) is 0 Å². The lowest BCUT2D eigenvalue weighted by atomic mass is 10.6. The van der Waals surface area contributed by atoms with Crippen molar-refractivity contribution in [2.75, 3.05) is 39.7 Å². The van der Waals surface area contributed by atoms with Crippen molar-refractivity contribution in [3.63, 3.8) is 0 Å². The lowest BCUT2D eigenvalue weighted by Gasteiger charge is -2.03. The van der Waals surface area contributed by atoms with E-state index in [0.717, 1.165) is 26.3 Å². The largest absolute Gasteiger partial charge is 0.380 e. The van der Waals surface area contributed by atoms with Gasteiger partial charge in [-0.05, 0) is 6.92 Å². The second kappa shape index (κ2) is 9.84. The van der Waals surface area contributed by atoms with E-state index >= 15 is 0 Å². The smallest absolute Gasteiger partial charge is 0.143 e. The van der Waals surface area contributed by atoms with Crippen LogP contribution in [0, 0.1) is 0 Å². The molecule has 0 amide bonds. The fourth-order valence-electron chi connectivity index (χ4n) is 0.623. The Labute approximate surface area is 67.5 Å². The number of hydrogen-bond donors (Lipinski definition) is 2. The van der Waals surface area contributed by atoms with Gasteiger partial charge in [-0.3, -0.25) is 0 Å². The van der Waals surface area contributed by atoms with E-state index in [9.17, 15) is 0 Å². The number of aliphatic hydroxyl groups excluding tert-OH is 1. The van der Waals surface area contributed by atoms with Crippen molar-refractivity contribution in [2.24, 2.45) is 0 Å². The predicted molar refractivity (Wildman–Crippen MR) is 42.4 cm³/mol. The SMILES string of the molecule is CCOCCNCCOCO. The molecule has 0 bridgehead atoms. The van der Waals surface area contributed by atoms with Crippen molar-refractivity contribution >= 4 is 0 Å². The van der Waals surface area contributed by atoms with E-state index in [1.807, 2.05) is 6.92 Å². The van der Waals surface area contributed by atoms with Crippen LogP contribution >= 0.6 is 0 Å². The maximum Gasteiger partial charge on any atom is 0.143 e. The summed E-state index contributed by atoms with van der Waals surface area (Å²) in [6.07, 6.45) is 0. The van der Waals surface area contributed by atoms with E-state index in [0.29, 0.717) is 6.61 Å². The zero-order valence-corrected chi connectivity index (χ0v) is 7.01. The predicted octanol–water partition coefficient (Wildman–Crippen LogP) is -0.421. The molecule has 0 aromatic heterocycles. The average Bonchev–Trinajstić information content (AvgIpc) is 2.03. The van der Waals surface area contributed by atoms with Crippen molar-refractivity contribution in [1.29, 1.82) is 0 Å². The molecule has 0 aliphatic carbocycles. The van der Waals surface area contributed by atoms with Gasteiger partial charge in [0.05, 0.1) is 13.2 Å². The van der Waals surface area contributed by atoms with Gasteiger partial charge < -0.3 is 19.9 Å². The van der Waals surface area contributed by atoms with Gasteiger partial charge in [0.25, 0.3) is 0 Å². The first-order chi connectivity index (χ1) is 5.41. The summed E-state index contributed by atoms with van der Waals surface area (Å²) in [7, 11) is 0. The molecule has 0 spiro atoms. The molecule has 11 heavy (non-hydrogen) atoms. The summed E-state index contributed by atoms with van der Waals surface area (Å²) in [5, 5.41) is 11.3. The van der Waals surface area contributed by atoms with E-state index in [4.69, 9.17) is 14.6 Å². The van der Waals surface area contributed by atoms with Crippen LogP contribution in [0.25, 0.3) is 0 Å². The molecule has 0 aliphatic heterocycles. The van der Waals surface area contributed by atoms with Crippen LogP contribution in [0.2, 0.25) is 0 Å². The lowest BCUT2D eigenvalue weighted by molar-refractivity contribution is 0.0000335. The third-order valence-corrected chi connectivity index (χ3v) is 1.14. The Morgan fingerprint density at radius 1 is 1.18 bits per heavy atom. The molecule has 0 rings (SSSR count). The Hall–Kier alpha value is -0.160. The molecule has 4 heteroatoms. The number of nitrogens with one attached hydrogen (secondary N) is 1. The molecule has 2 N–H and O–H groups in total. The van der Waals surface area contributed by atoms with Crippen molar-refractivity contribution in [1.82, 2.24) is 5.32 Å². The first-order valence-electron chi connectivity index (χ1n) is 3.89. The van der Waals surface area contributed by atoms with E-state index in [1.54, 1.807) is 0 Å². The van der Waals surface area contributed by atoms with Gasteiger partial charge in [-0.15, -0.1) is 0 Å². The number of rotatable bonds is 8. The van der Waals surface area contributed by atoms with Crippen molar-refractivity contribution < 1.29 is 14.6 Å². The summed E-state index contributed by atoms with van der Waals surface area (Å²) < 4.78 is 9.78. The number of aliphatic hydroxyl groups is 1. The molecule has 0 heterocycles. The molecule has 0 atom stereocenters. The third kappa shape index (κ3) is 9.84. The standard InChI is InChI=1S/C7H17NO3/c1-2-10-5-3-8-4-6-11-7-9/h8-9H,2-7H2,1H3. The highest BCUT2D eigenvalue weighted by atomic mass is 16.6. The monoisotopic (exact) mass is 163 g/mol. The molecule has 0 aromatic rings. The Balaban J connectivity index is 2.69. The molecular weight excluding hydrogens is 146 g/mol. The summed E-state index contributed by atoms with van der Waals surface area (Å²) in [4.78, 5) is 0. The summed E-state index contributed by atoms with van der Waals surface area (Å²) in [6.45, 7) is 5.39. The zero-order valence-electron chi connectivity index (χ0n) is 7.01. The van der Waals surface area contributed by atoms with Crippen molar-refractivity contribution in [2.45, 2.75) is 6.92 Å². The van der Waals surface area contributed by atoms with Crippen LogP contribution in [0.1, 0.15) is 6.92 Å². The zero-order chi connectivity index (χ0) is 8.36. The topological polar surface area (TPSA) is 50.7 Å². The third-order valence-electron chi connectivity index (χ3n) is 1.14. The molecular formula is C7H17NO3. The molecule has 0 unspecified atom stereocenters. The van der Waals surface area contributed by atoms with Gasteiger partial charge in [0.1, 0.15) is 6.79 Å². The molecule has 0 fully saturated rings. The minimum Gasteiger partial charge on any atom is -0.380 e. The minimum absolute atomic E-state index is 0.201. The fraction of sp³-hybridized carbons (Fsp3) is 1.00. The summed E-state index contributed by atoms with van der Waals surface area (Å²) in [5.74, 6) is 0. The van der Waals surface area contributed by atoms with Crippen LogP contribution < -0.4 is 5.32 Å². The highest BCUT2D eigenvalue weighted by molar-refractivity contribution is 4.43. The fourth-order valence-corrected chi connectivity index (χ4v) is 0.623. The van der Waals surface area contributed by atoms with Gasteiger partial charge >= 0.3 is 0 Å². The van der Waals surface area contributed by atoms with Gasteiger partial charge in [-0.25, -0.2) is 0 Å². The molecule has 0 aliphatic rings. The van der Waals surface area contributed by atoms with Gasteiger partial charge in [0.15, 0.2) is 0 Å². The first-order valence-corrected chi connectivity index (χ1v) is 3.89. The lowest BCUT2D eigenvalue weighted by Crippen LogP contribution is -2.24. The summed E-state index contributed by atoms with van der Waals surface area (Å²) in [5.41, 5.74) is 0. The molecule has 0 radical (unpaired) electrons. The Kier molecular flexibility index (Phi) is 9.70. The number of ether oxygens (including phenoxy) is 2. The van der Waals surface area contributed by atoms with Crippen molar-refractivity contribution in [3.05, 3.63) is 0 Å². The molecule has 4 nitrogen and oxygen atoms in total. The Morgan fingerprint density at radius 2 is 1.82 bits per heavy atom.